The predicted octanol–water partition coefficient (Wildman–Crippen LogP) is 2.74. The van der Waals surface area contributed by atoms with E-state index in [4.69, 9.17) is 9.73 Å². The molecule has 0 aromatic heterocycles. The SMILES string of the molecule is CCOc1ccc(NC(=O)CN2CCC3(CC2)N=C(c2ccc(C)cc2)C(=O)N3)cc1. The van der Waals surface area contributed by atoms with Gasteiger partial charge in [-0.1, -0.05) is 29.8 Å². The van der Waals surface area contributed by atoms with Crippen LogP contribution in [0.25, 0.3) is 0 Å². The largest absolute Gasteiger partial charge is 0.494 e. The first kappa shape index (κ1) is 21.1. The molecule has 1 spiro atoms. The van der Waals surface area contributed by atoms with Crippen molar-refractivity contribution >= 4 is 23.2 Å². The fourth-order valence-electron chi connectivity index (χ4n) is 3.99. The third kappa shape index (κ3) is 4.94. The van der Waals surface area contributed by atoms with Gasteiger partial charge in [-0.25, -0.2) is 0 Å². The Morgan fingerprint density at radius 2 is 1.81 bits per heavy atom. The second kappa shape index (κ2) is 8.89. The molecule has 2 N–H and O–H groups in total. The number of nitrogens with one attached hydrogen (secondary N) is 2. The van der Waals surface area contributed by atoms with E-state index >= 15 is 0 Å². The minimum absolute atomic E-state index is 0.0561. The van der Waals surface area contributed by atoms with Gasteiger partial charge >= 0.3 is 0 Å². The number of hydrogen-bond donors (Lipinski definition) is 2. The number of anilines is 1. The van der Waals surface area contributed by atoms with Crippen molar-refractivity contribution in [3.8, 4) is 5.75 Å². The molecule has 0 bridgehead atoms. The quantitative estimate of drug-likeness (QED) is 0.753. The highest BCUT2D eigenvalue weighted by molar-refractivity contribution is 6.46. The molecule has 2 amide bonds. The number of hydrogen-bond acceptors (Lipinski definition) is 5. The van der Waals surface area contributed by atoms with Gasteiger partial charge in [0.25, 0.3) is 5.91 Å². The molecule has 7 nitrogen and oxygen atoms in total. The molecule has 31 heavy (non-hydrogen) atoms. The van der Waals surface area contributed by atoms with Crippen molar-refractivity contribution in [2.45, 2.75) is 32.4 Å². The van der Waals surface area contributed by atoms with Crippen molar-refractivity contribution in [3.63, 3.8) is 0 Å². The number of piperidine rings is 1. The molecule has 0 atom stereocenters. The summed E-state index contributed by atoms with van der Waals surface area (Å²) in [5.74, 6) is 0.607. The van der Waals surface area contributed by atoms with Gasteiger partial charge < -0.3 is 15.4 Å². The molecule has 7 heteroatoms. The smallest absolute Gasteiger partial charge is 0.272 e. The molecule has 4 rings (SSSR count). The molecule has 2 aliphatic heterocycles. The molecular formula is C24H28N4O3. The van der Waals surface area contributed by atoms with Gasteiger partial charge in [0.15, 0.2) is 0 Å². The van der Waals surface area contributed by atoms with Crippen LogP contribution in [-0.2, 0) is 9.59 Å². The van der Waals surface area contributed by atoms with Crippen molar-refractivity contribution < 1.29 is 14.3 Å². The Morgan fingerprint density at radius 3 is 2.45 bits per heavy atom. The molecule has 1 fully saturated rings. The lowest BCUT2D eigenvalue weighted by Gasteiger charge is -2.36. The van der Waals surface area contributed by atoms with E-state index < -0.39 is 5.66 Å². The fraction of sp³-hybridized carbons (Fsp3) is 0.375. The molecule has 0 radical (unpaired) electrons. The van der Waals surface area contributed by atoms with Crippen LogP contribution in [-0.4, -0.2) is 54.3 Å². The Hall–Kier alpha value is -3.19. The van der Waals surface area contributed by atoms with Crippen molar-refractivity contribution in [1.82, 2.24) is 10.2 Å². The Kier molecular flexibility index (Phi) is 6.04. The third-order valence-electron chi connectivity index (χ3n) is 5.71. The number of carbonyl (C=O) groups is 2. The number of likely N-dealkylation sites (tertiary alicyclic amines) is 1. The van der Waals surface area contributed by atoms with Crippen LogP contribution in [0.2, 0.25) is 0 Å². The topological polar surface area (TPSA) is 83.0 Å². The molecule has 0 aliphatic carbocycles. The minimum atomic E-state index is -0.556. The van der Waals surface area contributed by atoms with Crippen LogP contribution in [0, 0.1) is 6.92 Å². The highest BCUT2D eigenvalue weighted by atomic mass is 16.5. The summed E-state index contributed by atoms with van der Waals surface area (Å²) in [4.78, 5) is 31.9. The summed E-state index contributed by atoms with van der Waals surface area (Å²) in [6.45, 7) is 6.27. The van der Waals surface area contributed by atoms with Crippen molar-refractivity contribution in [2.24, 2.45) is 4.99 Å². The summed E-state index contributed by atoms with van der Waals surface area (Å²) >= 11 is 0. The fourth-order valence-corrected chi connectivity index (χ4v) is 3.99. The molecule has 2 aliphatic rings. The van der Waals surface area contributed by atoms with Gasteiger partial charge in [-0.15, -0.1) is 0 Å². The van der Waals surface area contributed by atoms with Crippen LogP contribution in [0.15, 0.2) is 53.5 Å². The zero-order valence-electron chi connectivity index (χ0n) is 18.0. The van der Waals surface area contributed by atoms with Crippen LogP contribution in [0.5, 0.6) is 5.75 Å². The lowest BCUT2D eigenvalue weighted by atomic mass is 9.98. The Balaban J connectivity index is 1.31. The first-order valence-electron chi connectivity index (χ1n) is 10.7. The molecule has 0 saturated carbocycles. The summed E-state index contributed by atoms with van der Waals surface area (Å²) in [5, 5.41) is 6.01. The number of rotatable bonds is 6. The number of aliphatic imine (C=N–C) groups is 1. The average Bonchev–Trinajstić information content (AvgIpc) is 3.08. The van der Waals surface area contributed by atoms with Gasteiger partial charge in [0.05, 0.1) is 13.2 Å². The first-order chi connectivity index (χ1) is 15.0. The Morgan fingerprint density at radius 1 is 1.13 bits per heavy atom. The van der Waals surface area contributed by atoms with Gasteiger partial charge in [-0.2, -0.15) is 0 Å². The summed E-state index contributed by atoms with van der Waals surface area (Å²) in [5.41, 5.74) is 2.68. The highest BCUT2D eigenvalue weighted by Crippen LogP contribution is 2.29. The number of amides is 2. The number of carbonyl (C=O) groups excluding carboxylic acids is 2. The Bertz CT molecular complexity index is 975. The molecule has 162 valence electrons. The number of ether oxygens (including phenoxy) is 1. The minimum Gasteiger partial charge on any atom is -0.494 e. The van der Waals surface area contributed by atoms with Crippen LogP contribution < -0.4 is 15.4 Å². The van der Waals surface area contributed by atoms with Crippen LogP contribution >= 0.6 is 0 Å². The zero-order chi connectivity index (χ0) is 21.8. The maximum absolute atomic E-state index is 12.5. The van der Waals surface area contributed by atoms with Crippen molar-refractivity contribution in [1.29, 1.82) is 0 Å². The lowest BCUT2D eigenvalue weighted by Crippen LogP contribution is -2.52. The second-order valence-corrected chi connectivity index (χ2v) is 8.09. The highest BCUT2D eigenvalue weighted by Gasteiger charge is 2.42. The first-order valence-corrected chi connectivity index (χ1v) is 10.7. The van der Waals surface area contributed by atoms with Gasteiger partial charge in [-0.05, 0) is 38.1 Å². The van der Waals surface area contributed by atoms with E-state index in [0.29, 0.717) is 44.8 Å². The number of aryl methyl sites for hydroxylation is 1. The average molecular weight is 421 g/mol. The van der Waals surface area contributed by atoms with Crippen LogP contribution in [0.1, 0.15) is 30.9 Å². The van der Waals surface area contributed by atoms with Crippen LogP contribution in [0.3, 0.4) is 0 Å². The van der Waals surface area contributed by atoms with E-state index in [2.05, 4.69) is 15.5 Å². The second-order valence-electron chi connectivity index (χ2n) is 8.09. The van der Waals surface area contributed by atoms with Crippen molar-refractivity contribution in [3.05, 3.63) is 59.7 Å². The van der Waals surface area contributed by atoms with Crippen molar-refractivity contribution in [2.75, 3.05) is 31.6 Å². The van der Waals surface area contributed by atoms with Gasteiger partial charge in [-0.3, -0.25) is 19.5 Å². The van der Waals surface area contributed by atoms with Gasteiger partial charge in [0, 0.05) is 37.2 Å². The van der Waals surface area contributed by atoms with E-state index in [9.17, 15) is 9.59 Å². The molecule has 2 heterocycles. The maximum atomic E-state index is 12.5. The van der Waals surface area contributed by atoms with E-state index in [-0.39, 0.29) is 11.8 Å². The molecular weight excluding hydrogens is 392 g/mol. The zero-order valence-corrected chi connectivity index (χ0v) is 18.0. The molecule has 1 saturated heterocycles. The lowest BCUT2D eigenvalue weighted by molar-refractivity contribution is -0.119. The molecule has 0 unspecified atom stereocenters. The van der Waals surface area contributed by atoms with Gasteiger partial charge in [0.2, 0.25) is 5.91 Å². The van der Waals surface area contributed by atoms with Gasteiger partial charge in [0.1, 0.15) is 17.1 Å². The molecule has 2 aromatic rings. The van der Waals surface area contributed by atoms with E-state index in [1.165, 1.54) is 0 Å². The standard InChI is InChI=1S/C24H28N4O3/c1-3-31-20-10-8-19(9-11-20)25-21(29)16-28-14-12-24(13-15-28)26-22(23(30)27-24)18-6-4-17(2)5-7-18/h4-11H,3,12-16H2,1-2H3,(H,25,29)(H,27,30). The normalized spacial score (nSPS) is 17.9. The maximum Gasteiger partial charge on any atom is 0.272 e. The predicted molar refractivity (Wildman–Crippen MR) is 121 cm³/mol. The number of benzene rings is 2. The van der Waals surface area contributed by atoms with E-state index in [1.54, 1.807) is 0 Å². The van der Waals surface area contributed by atoms with E-state index in [1.807, 2.05) is 62.4 Å². The molecule has 2 aromatic carbocycles. The monoisotopic (exact) mass is 420 g/mol. The third-order valence-corrected chi connectivity index (χ3v) is 5.71. The Labute approximate surface area is 182 Å². The van der Waals surface area contributed by atoms with Crippen LogP contribution in [0.4, 0.5) is 5.69 Å². The summed E-state index contributed by atoms with van der Waals surface area (Å²) in [6.07, 6.45) is 1.37. The number of nitrogens with zero attached hydrogens (tertiary/aromatic N) is 2. The summed E-state index contributed by atoms with van der Waals surface area (Å²) < 4.78 is 5.42. The summed E-state index contributed by atoms with van der Waals surface area (Å²) in [7, 11) is 0. The van der Waals surface area contributed by atoms with E-state index in [0.717, 1.165) is 22.6 Å². The summed E-state index contributed by atoms with van der Waals surface area (Å²) in [6, 6.07) is 15.2.